The highest BCUT2D eigenvalue weighted by atomic mass is 32.2. The van der Waals surface area contributed by atoms with E-state index < -0.39 is 0 Å². The number of anilines is 2. The van der Waals surface area contributed by atoms with E-state index in [1.807, 2.05) is 46.2 Å². The van der Waals surface area contributed by atoms with E-state index in [2.05, 4.69) is 19.1 Å². The van der Waals surface area contributed by atoms with Crippen LogP contribution in [0, 0.1) is 0 Å². The summed E-state index contributed by atoms with van der Waals surface area (Å²) in [5, 5.41) is 0. The highest BCUT2D eigenvalue weighted by Crippen LogP contribution is 2.48. The number of carbonyl (C=O) groups excluding carboxylic acids is 1. The van der Waals surface area contributed by atoms with Gasteiger partial charge in [0.2, 0.25) is 0 Å². The molecular weight excluding hydrogens is 318 g/mol. The fourth-order valence-corrected chi connectivity index (χ4v) is 4.48. The molecule has 1 saturated heterocycles. The number of urea groups is 1. The summed E-state index contributed by atoms with van der Waals surface area (Å²) in [6.07, 6.45) is 0. The molecule has 2 aromatic carbocycles. The summed E-state index contributed by atoms with van der Waals surface area (Å²) in [5.41, 5.74) is 1.99. The Kier molecular flexibility index (Phi) is 4.21. The van der Waals surface area contributed by atoms with Gasteiger partial charge in [-0.25, -0.2) is 4.79 Å². The average Bonchev–Trinajstić information content (AvgIpc) is 2.65. The fourth-order valence-electron chi connectivity index (χ4n) is 3.42. The molecule has 1 fully saturated rings. The highest BCUT2D eigenvalue weighted by Gasteiger charge is 2.33. The molecular formula is C19H22N3OS+. The maximum absolute atomic E-state index is 13.3. The normalized spacial score (nSPS) is 17.4. The van der Waals surface area contributed by atoms with Crippen molar-refractivity contribution in [3.63, 3.8) is 0 Å². The Morgan fingerprint density at radius 1 is 1.00 bits per heavy atom. The zero-order valence-electron chi connectivity index (χ0n) is 13.9. The van der Waals surface area contributed by atoms with Crippen LogP contribution in [-0.4, -0.2) is 43.7 Å². The second kappa shape index (κ2) is 6.49. The Labute approximate surface area is 147 Å². The van der Waals surface area contributed by atoms with Gasteiger partial charge >= 0.3 is 6.03 Å². The first-order chi connectivity index (χ1) is 11.8. The Morgan fingerprint density at radius 3 is 2.08 bits per heavy atom. The van der Waals surface area contributed by atoms with Crippen LogP contribution in [0.5, 0.6) is 0 Å². The van der Waals surface area contributed by atoms with Crippen LogP contribution in [0.25, 0.3) is 0 Å². The SMILES string of the molecule is CC[NH+]1CCN(C(=O)N2c3ccccc3Sc3ccccc32)CC1. The molecule has 2 aliphatic rings. The van der Waals surface area contributed by atoms with Crippen LogP contribution in [0.2, 0.25) is 0 Å². The first kappa shape index (κ1) is 15.5. The van der Waals surface area contributed by atoms with E-state index in [0.717, 1.165) is 53.9 Å². The first-order valence-electron chi connectivity index (χ1n) is 8.56. The summed E-state index contributed by atoms with van der Waals surface area (Å²) in [5.74, 6) is 0. The van der Waals surface area contributed by atoms with E-state index >= 15 is 0 Å². The molecule has 24 heavy (non-hydrogen) atoms. The van der Waals surface area contributed by atoms with Crippen molar-refractivity contribution in [1.29, 1.82) is 0 Å². The Balaban J connectivity index is 1.68. The zero-order valence-corrected chi connectivity index (χ0v) is 14.7. The third-order valence-corrected chi connectivity index (χ3v) is 5.99. The molecule has 0 aliphatic carbocycles. The molecule has 2 amide bonds. The van der Waals surface area contributed by atoms with Crippen LogP contribution >= 0.6 is 11.8 Å². The van der Waals surface area contributed by atoms with Gasteiger partial charge in [-0.05, 0) is 31.2 Å². The summed E-state index contributed by atoms with van der Waals surface area (Å²) < 4.78 is 0. The molecule has 0 unspecified atom stereocenters. The van der Waals surface area contributed by atoms with Gasteiger partial charge in [-0.2, -0.15) is 0 Å². The quantitative estimate of drug-likeness (QED) is 0.864. The molecule has 0 aromatic heterocycles. The van der Waals surface area contributed by atoms with E-state index in [0.29, 0.717) is 0 Å². The standard InChI is InChI=1S/C19H21N3OS/c1-2-20-11-13-21(14-12-20)19(23)22-15-7-3-5-9-17(15)24-18-10-6-4-8-16(18)22/h3-10H,2,11-14H2,1H3/p+1. The van der Waals surface area contributed by atoms with Gasteiger partial charge in [0, 0.05) is 9.79 Å². The Hall–Kier alpha value is -1.98. The molecule has 0 atom stereocenters. The summed E-state index contributed by atoms with van der Waals surface area (Å²) in [6.45, 7) is 7.07. The molecule has 2 aromatic rings. The third kappa shape index (κ3) is 2.68. The monoisotopic (exact) mass is 340 g/mol. The van der Waals surface area contributed by atoms with Gasteiger partial charge in [0.25, 0.3) is 0 Å². The van der Waals surface area contributed by atoms with E-state index in [4.69, 9.17) is 0 Å². The maximum atomic E-state index is 13.3. The summed E-state index contributed by atoms with van der Waals surface area (Å²) in [4.78, 5) is 21.1. The van der Waals surface area contributed by atoms with Crippen LogP contribution in [-0.2, 0) is 0 Å². The van der Waals surface area contributed by atoms with Crippen molar-refractivity contribution in [1.82, 2.24) is 4.90 Å². The molecule has 0 bridgehead atoms. The lowest BCUT2D eigenvalue weighted by Gasteiger charge is -2.37. The molecule has 1 N–H and O–H groups in total. The molecule has 0 saturated carbocycles. The number of piperazine rings is 1. The second-order valence-corrected chi connectivity index (χ2v) is 7.33. The van der Waals surface area contributed by atoms with Crippen LogP contribution < -0.4 is 9.80 Å². The number of nitrogens with one attached hydrogen (secondary N) is 1. The molecule has 5 heteroatoms. The Bertz CT molecular complexity index is 710. The van der Waals surface area contributed by atoms with Gasteiger partial charge < -0.3 is 9.80 Å². The van der Waals surface area contributed by atoms with Gasteiger partial charge in [0.1, 0.15) is 0 Å². The van der Waals surface area contributed by atoms with E-state index in [1.165, 1.54) is 0 Å². The number of quaternary nitrogens is 1. The van der Waals surface area contributed by atoms with Crippen molar-refractivity contribution in [2.75, 3.05) is 37.6 Å². The number of likely N-dealkylation sites (N-methyl/N-ethyl adjacent to an activating group) is 1. The fraction of sp³-hybridized carbons (Fsp3) is 0.316. The van der Waals surface area contributed by atoms with Crippen molar-refractivity contribution in [3.05, 3.63) is 48.5 Å². The van der Waals surface area contributed by atoms with Crippen molar-refractivity contribution in [3.8, 4) is 0 Å². The van der Waals surface area contributed by atoms with Crippen molar-refractivity contribution in [2.24, 2.45) is 0 Å². The van der Waals surface area contributed by atoms with Crippen molar-refractivity contribution >= 4 is 29.2 Å². The lowest BCUT2D eigenvalue weighted by molar-refractivity contribution is -0.902. The van der Waals surface area contributed by atoms with Crippen molar-refractivity contribution < 1.29 is 9.69 Å². The molecule has 4 nitrogen and oxygen atoms in total. The average molecular weight is 340 g/mol. The number of fused-ring (bicyclic) bond motifs is 2. The number of amides is 2. The summed E-state index contributed by atoms with van der Waals surface area (Å²) in [7, 11) is 0. The van der Waals surface area contributed by atoms with Crippen LogP contribution in [0.1, 0.15) is 6.92 Å². The lowest BCUT2D eigenvalue weighted by atomic mass is 10.2. The maximum Gasteiger partial charge on any atom is 0.329 e. The number of rotatable bonds is 1. The molecule has 2 aliphatic heterocycles. The molecule has 0 spiro atoms. The molecule has 124 valence electrons. The third-order valence-electron chi connectivity index (χ3n) is 4.86. The predicted molar refractivity (Wildman–Crippen MR) is 97.4 cm³/mol. The lowest BCUT2D eigenvalue weighted by Crippen LogP contribution is -3.14. The number of benzene rings is 2. The van der Waals surface area contributed by atoms with Crippen molar-refractivity contribution in [2.45, 2.75) is 16.7 Å². The number of nitrogens with zero attached hydrogens (tertiary/aromatic N) is 2. The smallest absolute Gasteiger partial charge is 0.329 e. The van der Waals surface area contributed by atoms with E-state index in [-0.39, 0.29) is 6.03 Å². The highest BCUT2D eigenvalue weighted by molar-refractivity contribution is 7.99. The van der Waals surface area contributed by atoms with Gasteiger partial charge in [-0.3, -0.25) is 4.90 Å². The minimum Gasteiger partial charge on any atom is -0.332 e. The molecule has 0 radical (unpaired) electrons. The molecule has 2 heterocycles. The minimum atomic E-state index is 0.102. The van der Waals surface area contributed by atoms with Crippen LogP contribution in [0.3, 0.4) is 0 Å². The topological polar surface area (TPSA) is 28.0 Å². The minimum absolute atomic E-state index is 0.102. The van der Waals surface area contributed by atoms with E-state index in [1.54, 1.807) is 16.7 Å². The van der Waals surface area contributed by atoms with Gasteiger partial charge in [0.05, 0.1) is 44.1 Å². The van der Waals surface area contributed by atoms with Crippen LogP contribution in [0.4, 0.5) is 16.2 Å². The van der Waals surface area contributed by atoms with E-state index in [9.17, 15) is 4.79 Å². The zero-order chi connectivity index (χ0) is 16.5. The second-order valence-electron chi connectivity index (χ2n) is 6.25. The number of carbonyl (C=O) groups is 1. The number of hydrogen-bond acceptors (Lipinski definition) is 2. The number of para-hydroxylation sites is 2. The summed E-state index contributed by atoms with van der Waals surface area (Å²) in [6, 6.07) is 16.5. The predicted octanol–water partition coefficient (Wildman–Crippen LogP) is 2.63. The Morgan fingerprint density at radius 2 is 1.54 bits per heavy atom. The van der Waals surface area contributed by atoms with Crippen LogP contribution in [0.15, 0.2) is 58.3 Å². The number of hydrogen-bond donors (Lipinski definition) is 1. The van der Waals surface area contributed by atoms with Gasteiger partial charge in [-0.1, -0.05) is 36.0 Å². The summed E-state index contributed by atoms with van der Waals surface area (Å²) >= 11 is 1.74. The van der Waals surface area contributed by atoms with Gasteiger partial charge in [-0.15, -0.1) is 0 Å². The van der Waals surface area contributed by atoms with Gasteiger partial charge in [0.15, 0.2) is 0 Å². The largest absolute Gasteiger partial charge is 0.332 e. The molecule has 4 rings (SSSR count). The first-order valence-corrected chi connectivity index (χ1v) is 9.38.